The third-order valence-corrected chi connectivity index (χ3v) is 5.44. The Kier molecular flexibility index (Phi) is 7.37. The molecule has 3 rings (SSSR count). The van der Waals surface area contributed by atoms with Crippen LogP contribution in [0, 0.1) is 0 Å². The summed E-state index contributed by atoms with van der Waals surface area (Å²) in [7, 11) is 0. The molecular weight excluding hydrogens is 465 g/mol. The maximum atomic E-state index is 12.5. The molecule has 31 heavy (non-hydrogen) atoms. The number of imide groups is 1. The second-order valence-corrected chi connectivity index (χ2v) is 8.00. The molecule has 2 amide bonds. The normalized spacial score (nSPS) is 14.8. The number of ether oxygens (including phenoxy) is 2. The van der Waals surface area contributed by atoms with E-state index in [1.807, 2.05) is 0 Å². The summed E-state index contributed by atoms with van der Waals surface area (Å²) in [5.74, 6) is -1.72. The van der Waals surface area contributed by atoms with E-state index >= 15 is 0 Å². The quantitative estimate of drug-likeness (QED) is 0.333. The van der Waals surface area contributed by atoms with Crippen LogP contribution in [0.4, 0.5) is 4.79 Å². The Balaban J connectivity index is 1.75. The average Bonchev–Trinajstić information content (AvgIpc) is 2.95. The van der Waals surface area contributed by atoms with Crippen LogP contribution in [0.1, 0.15) is 22.8 Å². The predicted molar refractivity (Wildman–Crippen MR) is 117 cm³/mol. The van der Waals surface area contributed by atoms with Crippen molar-refractivity contribution in [3.63, 3.8) is 0 Å². The molecule has 1 aliphatic heterocycles. The molecule has 1 saturated heterocycles. The third kappa shape index (κ3) is 5.66. The summed E-state index contributed by atoms with van der Waals surface area (Å²) in [5.41, 5.74) is 0.672. The number of nitrogens with zero attached hydrogens (tertiary/aromatic N) is 1. The van der Waals surface area contributed by atoms with Gasteiger partial charge in [0.05, 0.1) is 22.1 Å². The van der Waals surface area contributed by atoms with Crippen molar-refractivity contribution in [2.24, 2.45) is 0 Å². The molecule has 2 aromatic carbocycles. The van der Waals surface area contributed by atoms with Crippen LogP contribution in [0.2, 0.25) is 10.0 Å². The Bertz CT molecular complexity index is 1100. The van der Waals surface area contributed by atoms with Crippen molar-refractivity contribution in [2.45, 2.75) is 6.92 Å². The summed E-state index contributed by atoms with van der Waals surface area (Å²) >= 11 is 12.6. The van der Waals surface area contributed by atoms with E-state index in [-0.39, 0.29) is 27.8 Å². The lowest BCUT2D eigenvalue weighted by Gasteiger charge is -2.10. The Morgan fingerprint density at radius 2 is 1.90 bits per heavy atom. The minimum absolute atomic E-state index is 0.138. The minimum Gasteiger partial charge on any atom is -0.465 e. The summed E-state index contributed by atoms with van der Waals surface area (Å²) in [5, 5.41) is -0.0198. The van der Waals surface area contributed by atoms with Gasteiger partial charge in [0, 0.05) is 5.02 Å². The minimum atomic E-state index is -0.673. The summed E-state index contributed by atoms with van der Waals surface area (Å²) < 4.78 is 10.1. The van der Waals surface area contributed by atoms with E-state index in [1.165, 1.54) is 30.3 Å². The van der Waals surface area contributed by atoms with Crippen LogP contribution in [0.3, 0.4) is 0 Å². The molecular formula is C21H15Cl2NO6S. The highest BCUT2D eigenvalue weighted by molar-refractivity contribution is 8.18. The topological polar surface area (TPSA) is 90.0 Å². The highest BCUT2D eigenvalue weighted by atomic mass is 35.5. The number of carbonyl (C=O) groups excluding carboxylic acids is 4. The van der Waals surface area contributed by atoms with E-state index < -0.39 is 29.6 Å². The maximum Gasteiger partial charge on any atom is 0.345 e. The summed E-state index contributed by atoms with van der Waals surface area (Å²) in [6.45, 7) is 1.33. The third-order valence-electron chi connectivity index (χ3n) is 3.98. The summed E-state index contributed by atoms with van der Waals surface area (Å²) in [6, 6.07) is 10.8. The second-order valence-electron chi connectivity index (χ2n) is 6.16. The van der Waals surface area contributed by atoms with E-state index in [1.54, 1.807) is 25.1 Å². The van der Waals surface area contributed by atoms with Crippen molar-refractivity contribution in [2.75, 3.05) is 13.2 Å². The summed E-state index contributed by atoms with van der Waals surface area (Å²) in [4.78, 5) is 49.5. The van der Waals surface area contributed by atoms with E-state index in [0.717, 1.165) is 4.90 Å². The number of rotatable bonds is 6. The fraction of sp³-hybridized carbons (Fsp3) is 0.143. The molecule has 2 aromatic rings. The first-order valence-electron chi connectivity index (χ1n) is 8.96. The van der Waals surface area contributed by atoms with Gasteiger partial charge in [-0.2, -0.15) is 0 Å². The predicted octanol–water partition coefficient (Wildman–Crippen LogP) is 4.81. The molecule has 0 radical (unpaired) electrons. The van der Waals surface area contributed by atoms with Gasteiger partial charge >= 0.3 is 11.9 Å². The van der Waals surface area contributed by atoms with Gasteiger partial charge in [0.2, 0.25) is 0 Å². The standard InChI is InChI=1S/C21H15Cl2NO6S/c1-2-29-18(25)11-24-19(26)17(31-21(24)28)9-12-4-3-5-14(8-12)30-20(27)15-7-6-13(22)10-16(15)23/h3-10H,2,11H2,1H3/b17-9-. The van der Waals surface area contributed by atoms with Gasteiger partial charge < -0.3 is 9.47 Å². The van der Waals surface area contributed by atoms with Crippen LogP contribution in [0.15, 0.2) is 47.4 Å². The number of halogens is 2. The van der Waals surface area contributed by atoms with E-state index in [2.05, 4.69) is 0 Å². The van der Waals surface area contributed by atoms with Crippen molar-refractivity contribution in [1.29, 1.82) is 0 Å². The molecule has 7 nitrogen and oxygen atoms in total. The van der Waals surface area contributed by atoms with E-state index in [0.29, 0.717) is 22.3 Å². The van der Waals surface area contributed by atoms with Gasteiger partial charge in [0.15, 0.2) is 0 Å². The average molecular weight is 480 g/mol. The molecule has 0 saturated carbocycles. The van der Waals surface area contributed by atoms with Gasteiger partial charge in [0.25, 0.3) is 11.1 Å². The molecule has 160 valence electrons. The monoisotopic (exact) mass is 479 g/mol. The van der Waals surface area contributed by atoms with Gasteiger partial charge in [-0.1, -0.05) is 35.3 Å². The fourth-order valence-corrected chi connectivity index (χ4v) is 3.93. The SMILES string of the molecule is CCOC(=O)CN1C(=O)S/C(=C\c2cccc(OC(=O)c3ccc(Cl)cc3Cl)c2)C1=O. The Morgan fingerprint density at radius 1 is 1.13 bits per heavy atom. The Morgan fingerprint density at radius 3 is 2.61 bits per heavy atom. The van der Waals surface area contributed by atoms with Gasteiger partial charge in [-0.25, -0.2) is 4.79 Å². The first-order valence-corrected chi connectivity index (χ1v) is 10.5. The zero-order valence-corrected chi connectivity index (χ0v) is 18.4. The highest BCUT2D eigenvalue weighted by Gasteiger charge is 2.36. The molecule has 0 bridgehead atoms. The lowest BCUT2D eigenvalue weighted by molar-refractivity contribution is -0.145. The van der Waals surface area contributed by atoms with E-state index in [9.17, 15) is 19.2 Å². The largest absolute Gasteiger partial charge is 0.465 e. The molecule has 10 heteroatoms. The van der Waals surface area contributed by atoms with Crippen LogP contribution in [-0.4, -0.2) is 41.1 Å². The van der Waals surface area contributed by atoms with Gasteiger partial charge in [0.1, 0.15) is 12.3 Å². The molecule has 0 N–H and O–H groups in total. The zero-order valence-electron chi connectivity index (χ0n) is 16.1. The van der Waals surface area contributed by atoms with Crippen molar-refractivity contribution in [1.82, 2.24) is 4.90 Å². The molecule has 1 aliphatic rings. The van der Waals surface area contributed by atoms with Crippen molar-refractivity contribution >= 4 is 64.1 Å². The van der Waals surface area contributed by atoms with Crippen LogP contribution >= 0.6 is 35.0 Å². The van der Waals surface area contributed by atoms with Crippen molar-refractivity contribution < 1.29 is 28.7 Å². The van der Waals surface area contributed by atoms with Crippen molar-refractivity contribution in [3.8, 4) is 5.75 Å². The number of carbonyl (C=O) groups is 4. The number of benzene rings is 2. The lowest BCUT2D eigenvalue weighted by Crippen LogP contribution is -2.34. The van der Waals surface area contributed by atoms with Gasteiger partial charge in [-0.3, -0.25) is 19.3 Å². The molecule has 0 spiro atoms. The molecule has 0 atom stereocenters. The van der Waals surface area contributed by atoms with Crippen molar-refractivity contribution in [3.05, 3.63) is 68.5 Å². The van der Waals surface area contributed by atoms with Gasteiger partial charge in [-0.05, 0) is 60.7 Å². The Hall–Kier alpha value is -2.81. The van der Waals surface area contributed by atoms with E-state index in [4.69, 9.17) is 32.7 Å². The molecule has 0 unspecified atom stereocenters. The van der Waals surface area contributed by atoms with Crippen LogP contribution in [0.25, 0.3) is 6.08 Å². The van der Waals surface area contributed by atoms with Crippen LogP contribution < -0.4 is 4.74 Å². The first kappa shape index (κ1) is 22.9. The maximum absolute atomic E-state index is 12.5. The molecule has 0 aliphatic carbocycles. The number of amides is 2. The highest BCUT2D eigenvalue weighted by Crippen LogP contribution is 2.32. The molecule has 1 fully saturated rings. The second kappa shape index (κ2) is 10.00. The lowest BCUT2D eigenvalue weighted by atomic mass is 10.2. The summed E-state index contributed by atoms with van der Waals surface area (Å²) in [6.07, 6.45) is 1.47. The van der Waals surface area contributed by atoms with Gasteiger partial charge in [-0.15, -0.1) is 0 Å². The zero-order chi connectivity index (χ0) is 22.5. The fourth-order valence-electron chi connectivity index (χ4n) is 2.61. The first-order chi connectivity index (χ1) is 14.8. The van der Waals surface area contributed by atoms with Crippen LogP contribution in [0.5, 0.6) is 5.75 Å². The number of thioether (sulfide) groups is 1. The van der Waals surface area contributed by atoms with Crippen LogP contribution in [-0.2, 0) is 14.3 Å². The molecule has 0 aromatic heterocycles. The number of esters is 2. The number of hydrogen-bond acceptors (Lipinski definition) is 7. The Labute approximate surface area is 191 Å². The molecule has 1 heterocycles. The number of hydrogen-bond donors (Lipinski definition) is 0. The smallest absolute Gasteiger partial charge is 0.345 e.